The third kappa shape index (κ3) is 4.61. The molecule has 0 aliphatic carbocycles. The van der Waals surface area contributed by atoms with Gasteiger partial charge in [-0.1, -0.05) is 6.92 Å². The molecular weight excluding hydrogens is 328 g/mol. The molecule has 0 fully saturated rings. The summed E-state index contributed by atoms with van der Waals surface area (Å²) in [4.78, 5) is 25.3. The van der Waals surface area contributed by atoms with Crippen LogP contribution in [0.1, 0.15) is 6.92 Å². The number of carbonyl (C=O) groups excluding carboxylic acids is 1. The molecule has 7 nitrogen and oxygen atoms in total. The molecule has 0 aliphatic rings. The van der Waals surface area contributed by atoms with Crippen LogP contribution in [0, 0.1) is 0 Å². The van der Waals surface area contributed by atoms with Crippen LogP contribution in [-0.4, -0.2) is 54.4 Å². The lowest BCUT2D eigenvalue weighted by molar-refractivity contribution is -0.141. The Kier molecular flexibility index (Phi) is 6.66. The van der Waals surface area contributed by atoms with Crippen LogP contribution in [0.4, 0.5) is 5.69 Å². The van der Waals surface area contributed by atoms with Gasteiger partial charge in [-0.05, 0) is 29.5 Å². The lowest BCUT2D eigenvalue weighted by atomic mass is 10.4. The van der Waals surface area contributed by atoms with E-state index in [-0.39, 0.29) is 12.1 Å². The first-order valence-electron chi connectivity index (χ1n) is 6.24. The van der Waals surface area contributed by atoms with E-state index in [0.29, 0.717) is 16.7 Å². The highest BCUT2D eigenvalue weighted by Crippen LogP contribution is 2.15. The molecule has 0 unspecified atom stereocenters. The van der Waals surface area contributed by atoms with Crippen LogP contribution in [0.2, 0.25) is 0 Å². The molecule has 0 aromatic carbocycles. The SMILES string of the molecule is CCN(C)CCNc1cnn(CC(=O)OC)c(=O)c1Br. The summed E-state index contributed by atoms with van der Waals surface area (Å²) in [7, 11) is 3.28. The molecule has 1 rings (SSSR count). The second-order valence-corrected chi connectivity index (χ2v) is 5.03. The van der Waals surface area contributed by atoms with E-state index in [2.05, 4.69) is 42.9 Å². The monoisotopic (exact) mass is 346 g/mol. The summed E-state index contributed by atoms with van der Waals surface area (Å²) in [6.45, 7) is 4.39. The average molecular weight is 347 g/mol. The molecule has 0 saturated carbocycles. The second-order valence-electron chi connectivity index (χ2n) is 4.23. The number of aromatic nitrogens is 2. The highest BCUT2D eigenvalue weighted by atomic mass is 79.9. The van der Waals surface area contributed by atoms with Crippen molar-refractivity contribution in [2.75, 3.05) is 39.1 Å². The van der Waals surface area contributed by atoms with Crippen LogP contribution in [0.5, 0.6) is 0 Å². The largest absolute Gasteiger partial charge is 0.468 e. The van der Waals surface area contributed by atoms with Crippen molar-refractivity contribution in [3.8, 4) is 0 Å². The van der Waals surface area contributed by atoms with Gasteiger partial charge < -0.3 is 15.0 Å². The predicted molar refractivity (Wildman–Crippen MR) is 79.9 cm³/mol. The molecule has 1 N–H and O–H groups in total. The second kappa shape index (κ2) is 8.01. The lowest BCUT2D eigenvalue weighted by Gasteiger charge is -2.15. The highest BCUT2D eigenvalue weighted by molar-refractivity contribution is 9.10. The zero-order valence-corrected chi connectivity index (χ0v) is 13.4. The Morgan fingerprint density at radius 3 is 2.90 bits per heavy atom. The number of carbonyl (C=O) groups is 1. The van der Waals surface area contributed by atoms with Crippen molar-refractivity contribution < 1.29 is 9.53 Å². The zero-order chi connectivity index (χ0) is 15.1. The first kappa shape index (κ1) is 16.6. The molecule has 112 valence electrons. The minimum absolute atomic E-state index is 0.202. The third-order valence-corrected chi connectivity index (χ3v) is 3.61. The van der Waals surface area contributed by atoms with Gasteiger partial charge in [-0.3, -0.25) is 9.59 Å². The molecule has 8 heteroatoms. The van der Waals surface area contributed by atoms with Crippen molar-refractivity contribution in [3.05, 3.63) is 21.0 Å². The Morgan fingerprint density at radius 1 is 1.60 bits per heavy atom. The number of anilines is 1. The molecule has 0 atom stereocenters. The molecular formula is C12H19BrN4O3. The van der Waals surface area contributed by atoms with Gasteiger partial charge in [0.15, 0.2) is 0 Å². The zero-order valence-electron chi connectivity index (χ0n) is 11.9. The summed E-state index contributed by atoms with van der Waals surface area (Å²) >= 11 is 3.23. The fourth-order valence-electron chi connectivity index (χ4n) is 1.43. The van der Waals surface area contributed by atoms with Gasteiger partial charge in [0.1, 0.15) is 11.0 Å². The number of nitrogens with one attached hydrogen (secondary N) is 1. The van der Waals surface area contributed by atoms with E-state index in [0.717, 1.165) is 17.8 Å². The summed E-state index contributed by atoms with van der Waals surface area (Å²) < 4.78 is 5.92. The Bertz CT molecular complexity index is 518. The van der Waals surface area contributed by atoms with E-state index in [4.69, 9.17) is 0 Å². The van der Waals surface area contributed by atoms with Gasteiger partial charge >= 0.3 is 5.97 Å². The van der Waals surface area contributed by atoms with Crippen LogP contribution in [0.25, 0.3) is 0 Å². The lowest BCUT2D eigenvalue weighted by Crippen LogP contribution is -2.29. The maximum atomic E-state index is 12.0. The van der Waals surface area contributed by atoms with Gasteiger partial charge in [0.2, 0.25) is 0 Å². The Hall–Kier alpha value is -1.41. The first-order valence-corrected chi connectivity index (χ1v) is 7.03. The summed E-state index contributed by atoms with van der Waals surface area (Å²) in [6, 6.07) is 0. The number of ether oxygens (including phenoxy) is 1. The number of hydrogen-bond donors (Lipinski definition) is 1. The summed E-state index contributed by atoms with van der Waals surface area (Å²) in [6.07, 6.45) is 1.51. The maximum Gasteiger partial charge on any atom is 0.327 e. The van der Waals surface area contributed by atoms with Crippen molar-refractivity contribution in [3.63, 3.8) is 0 Å². The fourth-order valence-corrected chi connectivity index (χ4v) is 1.87. The predicted octanol–water partition coefficient (Wildman–Crippen LogP) is 0.542. The maximum absolute atomic E-state index is 12.0. The minimum Gasteiger partial charge on any atom is -0.468 e. The Labute approximate surface area is 126 Å². The average Bonchev–Trinajstić information content (AvgIpc) is 2.45. The van der Waals surface area contributed by atoms with Gasteiger partial charge in [0, 0.05) is 13.1 Å². The molecule has 0 bridgehead atoms. The smallest absolute Gasteiger partial charge is 0.327 e. The Morgan fingerprint density at radius 2 is 2.30 bits per heavy atom. The van der Waals surface area contributed by atoms with Gasteiger partial charge in [-0.25, -0.2) is 4.68 Å². The molecule has 0 radical (unpaired) electrons. The topological polar surface area (TPSA) is 76.5 Å². The van der Waals surface area contributed by atoms with Crippen molar-refractivity contribution >= 4 is 27.6 Å². The molecule has 0 amide bonds. The minimum atomic E-state index is -0.517. The molecule has 0 spiro atoms. The molecule has 1 aromatic rings. The van der Waals surface area contributed by atoms with E-state index in [9.17, 15) is 9.59 Å². The molecule has 0 aliphatic heterocycles. The number of esters is 1. The van der Waals surface area contributed by atoms with E-state index in [1.807, 2.05) is 7.05 Å². The van der Waals surface area contributed by atoms with Crippen molar-refractivity contribution in [2.45, 2.75) is 13.5 Å². The van der Waals surface area contributed by atoms with Crippen molar-refractivity contribution in [1.29, 1.82) is 0 Å². The first-order chi connectivity index (χ1) is 9.49. The summed E-state index contributed by atoms with van der Waals surface area (Å²) in [5.41, 5.74) is 0.241. The number of likely N-dealkylation sites (N-methyl/N-ethyl adjacent to an activating group) is 1. The van der Waals surface area contributed by atoms with Crippen LogP contribution in [-0.2, 0) is 16.1 Å². The van der Waals surface area contributed by atoms with Crippen LogP contribution in [0.3, 0.4) is 0 Å². The van der Waals surface area contributed by atoms with Crippen LogP contribution >= 0.6 is 15.9 Å². The summed E-state index contributed by atoms with van der Waals surface area (Å²) in [5.74, 6) is -0.517. The number of nitrogens with zero attached hydrogens (tertiary/aromatic N) is 3. The van der Waals surface area contributed by atoms with Crippen LogP contribution < -0.4 is 10.9 Å². The number of methoxy groups -OCH3 is 1. The van der Waals surface area contributed by atoms with E-state index >= 15 is 0 Å². The fraction of sp³-hybridized carbons (Fsp3) is 0.583. The Balaban J connectivity index is 2.74. The highest BCUT2D eigenvalue weighted by Gasteiger charge is 2.11. The molecule has 0 saturated heterocycles. The standard InChI is InChI=1S/C12H19BrN4O3/c1-4-16(2)6-5-14-9-7-15-17(8-10(18)20-3)12(19)11(9)13/h7,14H,4-6,8H2,1-3H3. The van der Waals surface area contributed by atoms with E-state index < -0.39 is 5.97 Å². The molecule has 1 heterocycles. The molecule has 1 aromatic heterocycles. The van der Waals surface area contributed by atoms with Gasteiger partial charge in [0.25, 0.3) is 5.56 Å². The summed E-state index contributed by atoms with van der Waals surface area (Å²) in [5, 5.41) is 7.08. The van der Waals surface area contributed by atoms with E-state index in [1.54, 1.807) is 0 Å². The van der Waals surface area contributed by atoms with Crippen LogP contribution in [0.15, 0.2) is 15.5 Å². The van der Waals surface area contributed by atoms with Crippen molar-refractivity contribution in [1.82, 2.24) is 14.7 Å². The quantitative estimate of drug-likeness (QED) is 0.726. The van der Waals surface area contributed by atoms with Crippen molar-refractivity contribution in [2.24, 2.45) is 0 Å². The van der Waals surface area contributed by atoms with E-state index in [1.165, 1.54) is 13.3 Å². The van der Waals surface area contributed by atoms with Gasteiger partial charge in [-0.2, -0.15) is 5.10 Å². The number of rotatable bonds is 7. The molecule has 20 heavy (non-hydrogen) atoms. The number of hydrogen-bond acceptors (Lipinski definition) is 6. The van der Waals surface area contributed by atoms with Gasteiger partial charge in [-0.15, -0.1) is 0 Å². The van der Waals surface area contributed by atoms with Gasteiger partial charge in [0.05, 0.1) is 19.0 Å². The number of halogens is 1. The third-order valence-electron chi connectivity index (χ3n) is 2.84. The normalized spacial score (nSPS) is 10.7.